The summed E-state index contributed by atoms with van der Waals surface area (Å²) < 4.78 is 9.54. The number of esters is 1. The van der Waals surface area contributed by atoms with Crippen LogP contribution in [0.3, 0.4) is 0 Å². The monoisotopic (exact) mass is 179 g/mol. The lowest BCUT2D eigenvalue weighted by molar-refractivity contribution is -0.0233. The quantitative estimate of drug-likeness (QED) is 0.400. The van der Waals surface area contributed by atoms with Gasteiger partial charge in [-0.1, -0.05) is 18.2 Å². The van der Waals surface area contributed by atoms with E-state index in [1.807, 2.05) is 6.07 Å². The Hall–Kier alpha value is -1.35. The minimum absolute atomic E-state index is 0.0444. The highest BCUT2D eigenvalue weighted by Gasteiger charge is 2.04. The molecule has 0 heterocycles. The summed E-state index contributed by atoms with van der Waals surface area (Å²) in [5.41, 5.74) is 0.523. The zero-order valence-electron chi connectivity index (χ0n) is 7.23. The maximum atomic E-state index is 11.2. The Morgan fingerprint density at radius 1 is 1.31 bits per heavy atom. The van der Waals surface area contributed by atoms with Gasteiger partial charge in [0.2, 0.25) is 0 Å². The smallest absolute Gasteiger partial charge is 0.340 e. The molecule has 3 heteroatoms. The second-order valence-corrected chi connectivity index (χ2v) is 2.32. The van der Waals surface area contributed by atoms with Gasteiger partial charge in [-0.3, -0.25) is 0 Å². The molecule has 0 aliphatic heterocycles. The van der Waals surface area contributed by atoms with Crippen LogP contribution >= 0.6 is 0 Å². The zero-order chi connectivity index (χ0) is 9.52. The molecule has 0 atom stereocenters. The fraction of sp³-hybridized carbons (Fsp3) is 0.200. The van der Waals surface area contributed by atoms with Gasteiger partial charge in [0.05, 0.1) is 12.2 Å². The van der Waals surface area contributed by atoms with Crippen LogP contribution in [0, 0.1) is 6.92 Å². The van der Waals surface area contributed by atoms with E-state index in [1.54, 1.807) is 24.3 Å². The topological polar surface area (TPSA) is 35.5 Å². The molecule has 0 unspecified atom stereocenters. The number of carbonyl (C=O) groups is 1. The second kappa shape index (κ2) is 5.32. The lowest BCUT2D eigenvalue weighted by Crippen LogP contribution is -2.08. The third-order valence-corrected chi connectivity index (χ3v) is 1.43. The second-order valence-electron chi connectivity index (χ2n) is 2.32. The molecule has 13 heavy (non-hydrogen) atoms. The van der Waals surface area contributed by atoms with Gasteiger partial charge in [0.15, 0.2) is 6.79 Å². The Labute approximate surface area is 77.3 Å². The van der Waals surface area contributed by atoms with E-state index in [0.29, 0.717) is 12.2 Å². The molecular formula is C10H11O3. The predicted octanol–water partition coefficient (Wildman–Crippen LogP) is 1.65. The molecule has 1 aromatic rings. The first kappa shape index (κ1) is 9.74. The molecule has 0 fully saturated rings. The first-order valence-corrected chi connectivity index (χ1v) is 3.93. The summed E-state index contributed by atoms with van der Waals surface area (Å²) >= 11 is 0. The zero-order valence-corrected chi connectivity index (χ0v) is 7.23. The molecule has 0 aliphatic carbocycles. The van der Waals surface area contributed by atoms with Crippen molar-refractivity contribution in [1.29, 1.82) is 0 Å². The molecule has 0 saturated carbocycles. The van der Waals surface area contributed by atoms with Crippen LogP contribution in [0.1, 0.15) is 10.4 Å². The molecule has 1 rings (SSSR count). The van der Waals surface area contributed by atoms with Crippen LogP contribution in [0.5, 0.6) is 0 Å². The summed E-state index contributed by atoms with van der Waals surface area (Å²) in [6, 6.07) is 8.76. The normalized spacial score (nSPS) is 9.62. The summed E-state index contributed by atoms with van der Waals surface area (Å²) in [7, 11) is 0. The first-order valence-electron chi connectivity index (χ1n) is 3.93. The van der Waals surface area contributed by atoms with E-state index in [2.05, 4.69) is 6.92 Å². The van der Waals surface area contributed by atoms with Gasteiger partial charge in [0.25, 0.3) is 0 Å². The third kappa shape index (κ3) is 3.25. The van der Waals surface area contributed by atoms with E-state index < -0.39 is 0 Å². The van der Waals surface area contributed by atoms with E-state index >= 15 is 0 Å². The van der Waals surface area contributed by atoms with E-state index in [0.717, 1.165) is 0 Å². The molecule has 0 saturated heterocycles. The molecule has 0 spiro atoms. The number of benzene rings is 1. The van der Waals surface area contributed by atoms with Gasteiger partial charge in [-0.05, 0) is 19.1 Å². The van der Waals surface area contributed by atoms with Crippen LogP contribution in [0.15, 0.2) is 30.3 Å². The molecular weight excluding hydrogens is 168 g/mol. The number of ether oxygens (including phenoxy) is 2. The van der Waals surface area contributed by atoms with Gasteiger partial charge in [-0.2, -0.15) is 0 Å². The van der Waals surface area contributed by atoms with E-state index in [-0.39, 0.29) is 12.8 Å². The highest BCUT2D eigenvalue weighted by molar-refractivity contribution is 5.89. The molecule has 1 aromatic carbocycles. The summed E-state index contributed by atoms with van der Waals surface area (Å²) in [5, 5.41) is 0. The van der Waals surface area contributed by atoms with Crippen molar-refractivity contribution in [2.75, 3.05) is 13.4 Å². The van der Waals surface area contributed by atoms with Crippen LogP contribution in [-0.2, 0) is 9.47 Å². The molecule has 0 bridgehead atoms. The fourth-order valence-electron chi connectivity index (χ4n) is 0.812. The average molecular weight is 179 g/mol. The molecule has 1 radical (unpaired) electrons. The largest absolute Gasteiger partial charge is 0.435 e. The summed E-state index contributed by atoms with van der Waals surface area (Å²) in [6.07, 6.45) is 0. The summed E-state index contributed by atoms with van der Waals surface area (Å²) in [5.74, 6) is -0.381. The van der Waals surface area contributed by atoms with Gasteiger partial charge >= 0.3 is 5.97 Å². The molecule has 0 N–H and O–H groups in total. The molecule has 69 valence electrons. The number of carbonyl (C=O) groups excluding carboxylic acids is 1. The Balaban J connectivity index is 2.40. The number of hydrogen-bond acceptors (Lipinski definition) is 3. The van der Waals surface area contributed by atoms with Crippen LogP contribution in [0.2, 0.25) is 0 Å². The Kier molecular flexibility index (Phi) is 3.99. The van der Waals surface area contributed by atoms with Gasteiger partial charge in [-0.15, -0.1) is 0 Å². The first-order chi connectivity index (χ1) is 6.34. The maximum absolute atomic E-state index is 11.2. The van der Waals surface area contributed by atoms with Gasteiger partial charge in [0, 0.05) is 0 Å². The van der Waals surface area contributed by atoms with Gasteiger partial charge in [-0.25, -0.2) is 4.79 Å². The summed E-state index contributed by atoms with van der Waals surface area (Å²) in [4.78, 5) is 11.2. The lowest BCUT2D eigenvalue weighted by Gasteiger charge is -2.03. The van der Waals surface area contributed by atoms with Gasteiger partial charge < -0.3 is 9.47 Å². The van der Waals surface area contributed by atoms with E-state index in [1.165, 1.54) is 0 Å². The third-order valence-electron chi connectivity index (χ3n) is 1.43. The number of rotatable bonds is 4. The Morgan fingerprint density at radius 2 is 2.00 bits per heavy atom. The highest BCUT2D eigenvalue weighted by Crippen LogP contribution is 2.00. The van der Waals surface area contributed by atoms with Crippen molar-refractivity contribution >= 4 is 5.97 Å². The number of hydrogen-bond donors (Lipinski definition) is 0. The molecule has 0 aliphatic rings. The minimum Gasteiger partial charge on any atom is -0.435 e. The van der Waals surface area contributed by atoms with Crippen molar-refractivity contribution in [2.45, 2.75) is 0 Å². The van der Waals surface area contributed by atoms with Crippen LogP contribution in [0.4, 0.5) is 0 Å². The SMILES string of the molecule is [CH2]COCOC(=O)c1ccccc1. The maximum Gasteiger partial charge on any atom is 0.340 e. The Bertz CT molecular complexity index is 256. The summed E-state index contributed by atoms with van der Waals surface area (Å²) in [6.45, 7) is 3.69. The average Bonchev–Trinajstić information content (AvgIpc) is 2.19. The molecule has 3 nitrogen and oxygen atoms in total. The van der Waals surface area contributed by atoms with Crippen molar-refractivity contribution in [3.8, 4) is 0 Å². The fourth-order valence-corrected chi connectivity index (χ4v) is 0.812. The van der Waals surface area contributed by atoms with Crippen molar-refractivity contribution in [1.82, 2.24) is 0 Å². The minimum atomic E-state index is -0.381. The molecule has 0 aromatic heterocycles. The predicted molar refractivity (Wildman–Crippen MR) is 48.0 cm³/mol. The lowest BCUT2D eigenvalue weighted by atomic mass is 10.2. The standard InChI is InChI=1S/C10H11O3/c1-2-12-8-13-10(11)9-6-4-3-5-7-9/h3-7H,1-2,8H2. The van der Waals surface area contributed by atoms with Crippen LogP contribution < -0.4 is 0 Å². The Morgan fingerprint density at radius 3 is 2.62 bits per heavy atom. The van der Waals surface area contributed by atoms with E-state index in [9.17, 15) is 4.79 Å². The van der Waals surface area contributed by atoms with Crippen molar-refractivity contribution in [2.24, 2.45) is 0 Å². The molecule has 0 amide bonds. The van der Waals surface area contributed by atoms with Crippen molar-refractivity contribution < 1.29 is 14.3 Å². The van der Waals surface area contributed by atoms with Crippen LogP contribution in [0.25, 0.3) is 0 Å². The van der Waals surface area contributed by atoms with Crippen molar-refractivity contribution in [3.05, 3.63) is 42.8 Å². The van der Waals surface area contributed by atoms with Crippen molar-refractivity contribution in [3.63, 3.8) is 0 Å². The van der Waals surface area contributed by atoms with Crippen LogP contribution in [-0.4, -0.2) is 19.4 Å². The highest BCUT2D eigenvalue weighted by atomic mass is 16.7. The van der Waals surface area contributed by atoms with E-state index in [4.69, 9.17) is 9.47 Å². The van der Waals surface area contributed by atoms with Gasteiger partial charge in [0.1, 0.15) is 0 Å².